The molecule has 2 rings (SSSR count). The fraction of sp³-hybridized carbons (Fsp3) is 0.389. The molecule has 0 saturated heterocycles. The molecule has 128 valence electrons. The first-order chi connectivity index (χ1) is 11.5. The Morgan fingerprint density at radius 2 is 1.92 bits per heavy atom. The van der Waals surface area contributed by atoms with Crippen molar-refractivity contribution in [2.45, 2.75) is 25.3 Å². The highest BCUT2D eigenvalue weighted by Gasteiger charge is 2.55. The number of amides is 1. The first kappa shape index (κ1) is 17.7. The second-order valence-corrected chi connectivity index (χ2v) is 5.62. The summed E-state index contributed by atoms with van der Waals surface area (Å²) in [6, 6.07) is 8.56. The average molecular weight is 331 g/mol. The Kier molecular flexibility index (Phi) is 5.73. The summed E-state index contributed by atoms with van der Waals surface area (Å²) in [5.41, 5.74) is -0.520. The predicted molar refractivity (Wildman–Crippen MR) is 88.1 cm³/mol. The molecule has 6 heteroatoms. The van der Waals surface area contributed by atoms with Crippen molar-refractivity contribution in [3.05, 3.63) is 42.0 Å². The summed E-state index contributed by atoms with van der Waals surface area (Å²) in [6.45, 7) is 0. The lowest BCUT2D eigenvalue weighted by Gasteiger charge is -2.31. The maximum Gasteiger partial charge on any atom is 0.407 e. The van der Waals surface area contributed by atoms with E-state index in [4.69, 9.17) is 4.74 Å². The van der Waals surface area contributed by atoms with Gasteiger partial charge in [0.05, 0.1) is 20.3 Å². The van der Waals surface area contributed by atoms with E-state index in [2.05, 4.69) is 10.1 Å². The second kappa shape index (κ2) is 7.77. The molecule has 1 amide bonds. The van der Waals surface area contributed by atoms with Gasteiger partial charge in [0.15, 0.2) is 5.78 Å². The Hall–Kier alpha value is -2.63. The summed E-state index contributed by atoms with van der Waals surface area (Å²) in [5.74, 6) is -0.863. The minimum atomic E-state index is -1.41. The van der Waals surface area contributed by atoms with Crippen molar-refractivity contribution in [3.63, 3.8) is 0 Å². The van der Waals surface area contributed by atoms with Gasteiger partial charge in [-0.25, -0.2) is 4.79 Å². The molecule has 0 unspecified atom stereocenters. The molecule has 1 aromatic carbocycles. The number of carbonyl (C=O) groups excluding carboxylic acids is 3. The largest absolute Gasteiger partial charge is 0.468 e. The van der Waals surface area contributed by atoms with Crippen LogP contribution in [0.25, 0.3) is 6.08 Å². The molecule has 24 heavy (non-hydrogen) atoms. The summed E-state index contributed by atoms with van der Waals surface area (Å²) >= 11 is 0. The Morgan fingerprint density at radius 1 is 1.21 bits per heavy atom. The highest BCUT2D eigenvalue weighted by atomic mass is 16.5. The SMILES string of the molecule is COC(=O)N[C@@H](/C=C/c1ccccc1)[C@]1(C(=O)OC)CCCC1=O. The molecule has 1 aromatic rings. The quantitative estimate of drug-likeness (QED) is 0.661. The lowest BCUT2D eigenvalue weighted by Crippen LogP contribution is -2.54. The zero-order chi connectivity index (χ0) is 17.6. The number of Topliss-reactive ketones (excluding diaryl/α,β-unsaturated/α-hetero) is 1. The zero-order valence-electron chi connectivity index (χ0n) is 13.8. The molecule has 0 bridgehead atoms. The standard InChI is InChI=1S/C18H21NO5/c1-23-16(21)18(12-6-9-15(18)20)14(19-17(22)24-2)11-10-13-7-4-3-5-8-13/h3-5,7-8,10-11,14H,6,9,12H2,1-2H3,(H,19,22)/b11-10+/t14-,18+/m0/s1. The van der Waals surface area contributed by atoms with Crippen LogP contribution < -0.4 is 5.32 Å². The van der Waals surface area contributed by atoms with Crippen molar-refractivity contribution >= 4 is 23.9 Å². The second-order valence-electron chi connectivity index (χ2n) is 5.62. The number of methoxy groups -OCH3 is 2. The smallest absolute Gasteiger partial charge is 0.407 e. The first-order valence-corrected chi connectivity index (χ1v) is 7.74. The molecule has 1 aliphatic carbocycles. The number of benzene rings is 1. The van der Waals surface area contributed by atoms with Crippen LogP contribution in [-0.4, -0.2) is 38.1 Å². The molecule has 2 atom stereocenters. The van der Waals surface area contributed by atoms with Crippen molar-refractivity contribution in [2.75, 3.05) is 14.2 Å². The average Bonchev–Trinajstić information content (AvgIpc) is 3.00. The molecular weight excluding hydrogens is 310 g/mol. The normalized spacial score (nSPS) is 21.5. The summed E-state index contributed by atoms with van der Waals surface area (Å²) in [7, 11) is 2.47. The van der Waals surface area contributed by atoms with Crippen LogP contribution in [0.1, 0.15) is 24.8 Å². The van der Waals surface area contributed by atoms with Crippen molar-refractivity contribution < 1.29 is 23.9 Å². The first-order valence-electron chi connectivity index (χ1n) is 7.74. The van der Waals surface area contributed by atoms with Gasteiger partial charge in [-0.05, 0) is 18.4 Å². The van der Waals surface area contributed by atoms with E-state index in [1.54, 1.807) is 12.2 Å². The van der Waals surface area contributed by atoms with Gasteiger partial charge in [-0.1, -0.05) is 42.5 Å². The van der Waals surface area contributed by atoms with Crippen LogP contribution in [0, 0.1) is 5.41 Å². The van der Waals surface area contributed by atoms with Crippen molar-refractivity contribution in [1.82, 2.24) is 5.32 Å². The molecular formula is C18H21NO5. The number of ether oxygens (including phenoxy) is 2. The molecule has 0 radical (unpaired) electrons. The summed E-state index contributed by atoms with van der Waals surface area (Å²) < 4.78 is 9.51. The van der Waals surface area contributed by atoms with Gasteiger partial charge < -0.3 is 14.8 Å². The van der Waals surface area contributed by atoms with E-state index in [1.807, 2.05) is 30.3 Å². The summed E-state index contributed by atoms with van der Waals surface area (Å²) in [6.07, 6.45) is 3.89. The number of carbonyl (C=O) groups is 3. The Balaban J connectivity index is 2.39. The highest BCUT2D eigenvalue weighted by molar-refractivity contribution is 6.06. The maximum atomic E-state index is 12.5. The number of ketones is 1. The van der Waals surface area contributed by atoms with Gasteiger partial charge in [-0.15, -0.1) is 0 Å². The topological polar surface area (TPSA) is 81.7 Å². The number of nitrogens with one attached hydrogen (secondary N) is 1. The maximum absolute atomic E-state index is 12.5. The van der Waals surface area contributed by atoms with Crippen molar-refractivity contribution in [1.29, 1.82) is 0 Å². The summed E-state index contributed by atoms with van der Waals surface area (Å²) in [5, 5.41) is 2.60. The van der Waals surface area contributed by atoms with Crippen LogP contribution in [0.3, 0.4) is 0 Å². The predicted octanol–water partition coefficient (Wildman–Crippen LogP) is 2.34. The van der Waals surface area contributed by atoms with Gasteiger partial charge >= 0.3 is 12.1 Å². The number of alkyl carbamates (subject to hydrolysis) is 1. The minimum absolute atomic E-state index is 0.228. The molecule has 1 fully saturated rings. The Bertz CT molecular complexity index is 640. The van der Waals surface area contributed by atoms with Crippen molar-refractivity contribution in [3.8, 4) is 0 Å². The molecule has 0 spiro atoms. The van der Waals surface area contributed by atoms with Crippen LogP contribution in [0.5, 0.6) is 0 Å². The fourth-order valence-corrected chi connectivity index (χ4v) is 3.04. The van der Waals surface area contributed by atoms with Gasteiger partial charge in [0.2, 0.25) is 0 Å². The third kappa shape index (κ3) is 3.48. The van der Waals surface area contributed by atoms with E-state index in [1.165, 1.54) is 14.2 Å². The number of esters is 1. The van der Waals surface area contributed by atoms with Gasteiger partial charge in [0.25, 0.3) is 0 Å². The monoisotopic (exact) mass is 331 g/mol. The third-order valence-electron chi connectivity index (χ3n) is 4.29. The minimum Gasteiger partial charge on any atom is -0.468 e. The van der Waals surface area contributed by atoms with E-state index in [0.29, 0.717) is 12.8 Å². The molecule has 1 N–H and O–H groups in total. The van der Waals surface area contributed by atoms with E-state index in [9.17, 15) is 14.4 Å². The fourth-order valence-electron chi connectivity index (χ4n) is 3.04. The lowest BCUT2D eigenvalue weighted by atomic mass is 9.77. The van der Waals surface area contributed by atoms with Gasteiger partial charge in [-0.2, -0.15) is 0 Å². The van der Waals surface area contributed by atoms with Crippen LogP contribution in [0.4, 0.5) is 4.79 Å². The molecule has 1 saturated carbocycles. The van der Waals surface area contributed by atoms with Gasteiger partial charge in [-0.3, -0.25) is 9.59 Å². The van der Waals surface area contributed by atoms with Crippen LogP contribution >= 0.6 is 0 Å². The van der Waals surface area contributed by atoms with E-state index in [-0.39, 0.29) is 12.2 Å². The van der Waals surface area contributed by atoms with Gasteiger partial charge in [0.1, 0.15) is 5.41 Å². The molecule has 0 heterocycles. The van der Waals surface area contributed by atoms with E-state index >= 15 is 0 Å². The number of rotatable bonds is 5. The molecule has 0 aliphatic heterocycles. The van der Waals surface area contributed by atoms with E-state index < -0.39 is 23.5 Å². The molecule has 6 nitrogen and oxygen atoms in total. The zero-order valence-corrected chi connectivity index (χ0v) is 13.8. The van der Waals surface area contributed by atoms with Crippen LogP contribution in [0.15, 0.2) is 36.4 Å². The highest BCUT2D eigenvalue weighted by Crippen LogP contribution is 2.40. The number of hydrogen-bond donors (Lipinski definition) is 1. The Morgan fingerprint density at radius 3 is 2.46 bits per heavy atom. The molecule has 0 aromatic heterocycles. The van der Waals surface area contributed by atoms with Crippen LogP contribution in [0.2, 0.25) is 0 Å². The van der Waals surface area contributed by atoms with E-state index in [0.717, 1.165) is 5.56 Å². The lowest BCUT2D eigenvalue weighted by molar-refractivity contribution is -0.157. The third-order valence-corrected chi connectivity index (χ3v) is 4.29. The summed E-state index contributed by atoms with van der Waals surface area (Å²) in [4.78, 5) is 36.6. The number of hydrogen-bond acceptors (Lipinski definition) is 5. The molecule has 1 aliphatic rings. The Labute approximate surface area is 140 Å². The van der Waals surface area contributed by atoms with Crippen molar-refractivity contribution in [2.24, 2.45) is 5.41 Å². The van der Waals surface area contributed by atoms with Gasteiger partial charge in [0, 0.05) is 6.42 Å². The van der Waals surface area contributed by atoms with Crippen LogP contribution in [-0.2, 0) is 19.1 Å².